The van der Waals surface area contributed by atoms with Gasteiger partial charge in [0.15, 0.2) is 0 Å². The minimum absolute atomic E-state index is 0.120. The molecular weight excluding hydrogens is 296 g/mol. The maximum atomic E-state index is 12.0. The number of amides is 1. The molecule has 0 fully saturated rings. The van der Waals surface area contributed by atoms with Crippen molar-refractivity contribution in [2.75, 3.05) is 5.32 Å². The van der Waals surface area contributed by atoms with E-state index < -0.39 is 0 Å². The van der Waals surface area contributed by atoms with Crippen molar-refractivity contribution in [3.8, 4) is 0 Å². The van der Waals surface area contributed by atoms with Crippen molar-refractivity contribution in [3.63, 3.8) is 0 Å². The van der Waals surface area contributed by atoms with Crippen molar-refractivity contribution in [2.24, 2.45) is 0 Å². The van der Waals surface area contributed by atoms with Crippen LogP contribution in [0.15, 0.2) is 47.2 Å². The number of anilines is 1. The summed E-state index contributed by atoms with van der Waals surface area (Å²) in [7, 11) is 0. The molecule has 0 saturated carbocycles. The lowest BCUT2D eigenvalue weighted by Crippen LogP contribution is -2.14. The van der Waals surface area contributed by atoms with E-state index in [2.05, 4.69) is 26.2 Å². The molecule has 0 unspecified atom stereocenters. The summed E-state index contributed by atoms with van der Waals surface area (Å²) in [4.78, 5) is 16.0. The van der Waals surface area contributed by atoms with Crippen molar-refractivity contribution in [3.05, 3.63) is 58.3 Å². The van der Waals surface area contributed by atoms with E-state index in [1.807, 2.05) is 0 Å². The zero-order chi connectivity index (χ0) is 13.0. The first kappa shape index (κ1) is 12.7. The summed E-state index contributed by atoms with van der Waals surface area (Å²) in [6.45, 7) is -0.120. The summed E-state index contributed by atoms with van der Waals surface area (Å²) < 4.78 is 0.490. The average molecular weight is 307 g/mol. The Morgan fingerprint density at radius 3 is 2.78 bits per heavy atom. The Kier molecular flexibility index (Phi) is 4.07. The maximum Gasteiger partial charge on any atom is 0.258 e. The number of aliphatic hydroxyl groups excluding tert-OH is 1. The molecule has 0 aliphatic carbocycles. The lowest BCUT2D eigenvalue weighted by atomic mass is 10.2. The third-order valence-corrected chi connectivity index (χ3v) is 3.07. The van der Waals surface area contributed by atoms with E-state index in [0.29, 0.717) is 21.4 Å². The smallest absolute Gasteiger partial charge is 0.258 e. The summed E-state index contributed by atoms with van der Waals surface area (Å²) in [5.74, 6) is -0.268. The predicted molar refractivity (Wildman–Crippen MR) is 72.3 cm³/mol. The third-order valence-electron chi connectivity index (χ3n) is 2.44. The Morgan fingerprint density at radius 1 is 1.28 bits per heavy atom. The number of halogens is 1. The molecule has 0 spiro atoms. The van der Waals surface area contributed by atoms with Crippen molar-refractivity contribution in [1.29, 1.82) is 0 Å². The largest absolute Gasteiger partial charge is 0.392 e. The molecule has 0 atom stereocenters. The highest BCUT2D eigenvalue weighted by Crippen LogP contribution is 2.18. The molecule has 18 heavy (non-hydrogen) atoms. The van der Waals surface area contributed by atoms with Gasteiger partial charge in [-0.15, -0.1) is 0 Å². The minimum Gasteiger partial charge on any atom is -0.392 e. The molecule has 0 aliphatic rings. The van der Waals surface area contributed by atoms with Crippen LogP contribution in [0.1, 0.15) is 15.9 Å². The van der Waals surface area contributed by atoms with Crippen LogP contribution < -0.4 is 5.32 Å². The molecule has 5 heteroatoms. The number of aliphatic hydroxyl groups is 1. The number of nitrogens with one attached hydrogen (secondary N) is 1. The van der Waals surface area contributed by atoms with Gasteiger partial charge in [0.25, 0.3) is 5.91 Å². The Hall–Kier alpha value is -1.72. The molecule has 1 aromatic heterocycles. The van der Waals surface area contributed by atoms with E-state index in [1.165, 1.54) is 0 Å². The molecule has 1 amide bonds. The number of para-hydroxylation sites is 1. The number of hydrogen-bond acceptors (Lipinski definition) is 3. The van der Waals surface area contributed by atoms with Gasteiger partial charge in [0.1, 0.15) is 4.60 Å². The quantitative estimate of drug-likeness (QED) is 0.857. The maximum absolute atomic E-state index is 12.0. The van der Waals surface area contributed by atoms with Gasteiger partial charge >= 0.3 is 0 Å². The van der Waals surface area contributed by atoms with Crippen LogP contribution in [0.5, 0.6) is 0 Å². The van der Waals surface area contributed by atoms with Crippen molar-refractivity contribution in [2.45, 2.75) is 6.61 Å². The van der Waals surface area contributed by atoms with Gasteiger partial charge in [0, 0.05) is 17.4 Å². The zero-order valence-electron chi connectivity index (χ0n) is 9.43. The number of hydrogen-bond donors (Lipinski definition) is 2. The first-order chi connectivity index (χ1) is 8.72. The standard InChI is InChI=1S/C13H11BrN2O2/c14-12-10(5-3-7-15-12)13(18)16-11-6-2-1-4-9(11)8-17/h1-7,17H,8H2,(H,16,18). The number of nitrogens with zero attached hydrogens (tertiary/aromatic N) is 1. The number of carbonyl (C=O) groups excluding carboxylic acids is 1. The van der Waals surface area contributed by atoms with Gasteiger partial charge in [-0.2, -0.15) is 0 Å². The predicted octanol–water partition coefficient (Wildman–Crippen LogP) is 2.59. The highest BCUT2D eigenvalue weighted by atomic mass is 79.9. The third kappa shape index (κ3) is 2.75. The Labute approximate surface area is 113 Å². The molecule has 1 aromatic carbocycles. The molecule has 0 radical (unpaired) electrons. The molecule has 1 heterocycles. The molecular formula is C13H11BrN2O2. The van der Waals surface area contributed by atoms with E-state index in [-0.39, 0.29) is 12.5 Å². The second-order valence-corrected chi connectivity index (χ2v) is 4.36. The Bertz CT molecular complexity index is 572. The van der Waals surface area contributed by atoms with Gasteiger partial charge < -0.3 is 10.4 Å². The number of pyridine rings is 1. The van der Waals surface area contributed by atoms with Crippen LogP contribution in [0.25, 0.3) is 0 Å². The molecule has 4 nitrogen and oxygen atoms in total. The second kappa shape index (κ2) is 5.75. The van der Waals surface area contributed by atoms with Crippen molar-refractivity contribution >= 4 is 27.5 Å². The van der Waals surface area contributed by atoms with Crippen LogP contribution in [0.2, 0.25) is 0 Å². The van der Waals surface area contributed by atoms with Crippen LogP contribution in [-0.2, 0) is 6.61 Å². The first-order valence-corrected chi connectivity index (χ1v) is 6.12. The summed E-state index contributed by atoms with van der Waals surface area (Å²) >= 11 is 3.22. The van der Waals surface area contributed by atoms with Crippen LogP contribution in [0.3, 0.4) is 0 Å². The summed E-state index contributed by atoms with van der Waals surface area (Å²) in [5, 5.41) is 11.9. The minimum atomic E-state index is -0.268. The molecule has 2 N–H and O–H groups in total. The Balaban J connectivity index is 2.24. The van der Waals surface area contributed by atoms with E-state index in [4.69, 9.17) is 0 Å². The summed E-state index contributed by atoms with van der Waals surface area (Å²) in [6, 6.07) is 10.5. The van der Waals surface area contributed by atoms with Crippen molar-refractivity contribution < 1.29 is 9.90 Å². The zero-order valence-corrected chi connectivity index (χ0v) is 11.0. The first-order valence-electron chi connectivity index (χ1n) is 5.33. The van der Waals surface area contributed by atoms with E-state index >= 15 is 0 Å². The van der Waals surface area contributed by atoms with Gasteiger partial charge in [-0.05, 0) is 34.1 Å². The molecule has 92 valence electrons. The normalized spacial score (nSPS) is 10.1. The SMILES string of the molecule is O=C(Nc1ccccc1CO)c1cccnc1Br. The lowest BCUT2D eigenvalue weighted by Gasteiger charge is -2.09. The van der Waals surface area contributed by atoms with Gasteiger partial charge in [-0.3, -0.25) is 4.79 Å². The van der Waals surface area contributed by atoms with Crippen LogP contribution in [0.4, 0.5) is 5.69 Å². The summed E-state index contributed by atoms with van der Waals surface area (Å²) in [5.41, 5.74) is 1.72. The number of rotatable bonds is 3. The number of aromatic nitrogens is 1. The highest BCUT2D eigenvalue weighted by molar-refractivity contribution is 9.10. The second-order valence-electron chi connectivity index (χ2n) is 3.61. The van der Waals surface area contributed by atoms with E-state index in [9.17, 15) is 9.90 Å². The highest BCUT2D eigenvalue weighted by Gasteiger charge is 2.11. The molecule has 0 bridgehead atoms. The fourth-order valence-corrected chi connectivity index (χ4v) is 1.96. The number of benzene rings is 1. The van der Waals surface area contributed by atoms with E-state index in [1.54, 1.807) is 42.6 Å². The van der Waals surface area contributed by atoms with Crippen LogP contribution in [0, 0.1) is 0 Å². The Morgan fingerprint density at radius 2 is 2.06 bits per heavy atom. The fraction of sp³-hybridized carbons (Fsp3) is 0.0769. The fourth-order valence-electron chi connectivity index (χ4n) is 1.53. The lowest BCUT2D eigenvalue weighted by molar-refractivity contribution is 0.102. The molecule has 2 rings (SSSR count). The van der Waals surface area contributed by atoms with Gasteiger partial charge in [0.2, 0.25) is 0 Å². The molecule has 2 aromatic rings. The van der Waals surface area contributed by atoms with Gasteiger partial charge in [-0.1, -0.05) is 18.2 Å². The summed E-state index contributed by atoms with van der Waals surface area (Å²) in [6.07, 6.45) is 1.60. The van der Waals surface area contributed by atoms with Crippen LogP contribution >= 0.6 is 15.9 Å². The van der Waals surface area contributed by atoms with Gasteiger partial charge in [0.05, 0.1) is 12.2 Å². The van der Waals surface area contributed by atoms with E-state index in [0.717, 1.165) is 0 Å². The average Bonchev–Trinajstić information content (AvgIpc) is 2.39. The topological polar surface area (TPSA) is 62.2 Å². The van der Waals surface area contributed by atoms with Crippen molar-refractivity contribution in [1.82, 2.24) is 4.98 Å². The molecule has 0 aliphatic heterocycles. The van der Waals surface area contributed by atoms with Gasteiger partial charge in [-0.25, -0.2) is 4.98 Å². The molecule has 0 saturated heterocycles. The number of carbonyl (C=O) groups is 1. The monoisotopic (exact) mass is 306 g/mol. The van der Waals surface area contributed by atoms with Crippen LogP contribution in [-0.4, -0.2) is 16.0 Å².